The van der Waals surface area contributed by atoms with Gasteiger partial charge in [0.1, 0.15) is 11.3 Å². The van der Waals surface area contributed by atoms with Crippen molar-refractivity contribution in [1.82, 2.24) is 4.90 Å². The number of aliphatic hydroxyl groups is 1. The van der Waals surface area contributed by atoms with E-state index in [-0.39, 0.29) is 16.4 Å². The van der Waals surface area contributed by atoms with Gasteiger partial charge in [0.2, 0.25) is 5.17 Å². The Morgan fingerprint density at radius 3 is 2.00 bits per heavy atom. The van der Waals surface area contributed by atoms with Gasteiger partial charge in [0.25, 0.3) is 0 Å². The number of rotatable bonds is 6. The SMILES string of the molecule is CCCCN(CCCC)C(O)=S=O. The molecule has 1 N–H and O–H groups in total. The highest BCUT2D eigenvalue weighted by atomic mass is 32.1. The van der Waals surface area contributed by atoms with E-state index in [1.165, 1.54) is 0 Å². The smallest absolute Gasteiger partial charge is 0.216 e. The lowest BCUT2D eigenvalue weighted by atomic mass is 10.3. The molecule has 0 rings (SSSR count). The monoisotopic (exact) mass is 205 g/mol. The Morgan fingerprint density at radius 1 is 1.23 bits per heavy atom. The van der Waals surface area contributed by atoms with Crippen LogP contribution < -0.4 is 0 Å². The Kier molecular flexibility index (Phi) is 8.29. The lowest BCUT2D eigenvalue weighted by Crippen LogP contribution is -2.32. The maximum Gasteiger partial charge on any atom is 0.216 e. The van der Waals surface area contributed by atoms with Crippen LogP contribution in [0.5, 0.6) is 0 Å². The van der Waals surface area contributed by atoms with Crippen molar-refractivity contribution in [2.45, 2.75) is 39.5 Å². The van der Waals surface area contributed by atoms with E-state index in [0.29, 0.717) is 0 Å². The topological polar surface area (TPSA) is 40.5 Å². The number of nitrogens with zero attached hydrogens (tertiary/aromatic N) is 1. The molecule has 0 saturated heterocycles. The van der Waals surface area contributed by atoms with Crippen LogP contribution in [0.4, 0.5) is 0 Å². The normalized spacial score (nSPS) is 10.5. The molecular weight excluding hydrogens is 186 g/mol. The summed E-state index contributed by atoms with van der Waals surface area (Å²) in [7, 11) is 0. The van der Waals surface area contributed by atoms with Gasteiger partial charge in [-0.3, -0.25) is 0 Å². The third kappa shape index (κ3) is 5.96. The Labute approximate surface area is 83.8 Å². The summed E-state index contributed by atoms with van der Waals surface area (Å²) in [4.78, 5) is 1.77. The fraction of sp³-hybridized carbons (Fsp3) is 0.889. The predicted octanol–water partition coefficient (Wildman–Crippen LogP) is 1.75. The quantitative estimate of drug-likeness (QED) is 0.672. The molecule has 0 unspecified atom stereocenters. The van der Waals surface area contributed by atoms with Crippen molar-refractivity contribution >= 4 is 16.4 Å². The van der Waals surface area contributed by atoms with Crippen molar-refractivity contribution in [3.8, 4) is 0 Å². The largest absolute Gasteiger partial charge is 0.340 e. The van der Waals surface area contributed by atoms with Crippen LogP contribution in [-0.4, -0.2) is 32.5 Å². The van der Waals surface area contributed by atoms with Crippen LogP contribution in [-0.2, 0) is 11.3 Å². The van der Waals surface area contributed by atoms with Crippen molar-refractivity contribution in [2.24, 2.45) is 0 Å². The van der Waals surface area contributed by atoms with Gasteiger partial charge in [0, 0.05) is 13.1 Å². The minimum Gasteiger partial charge on any atom is -0.340 e. The third-order valence-electron chi connectivity index (χ3n) is 1.91. The second kappa shape index (κ2) is 8.41. The standard InChI is InChI=1S/C9H19NO2S/c1-3-5-7-10(8-6-4-2)9(11)13-12/h11H,3-8H2,1-2H3. The fourth-order valence-electron chi connectivity index (χ4n) is 1.05. The Balaban J connectivity index is 3.95. The van der Waals surface area contributed by atoms with Gasteiger partial charge in [-0.05, 0) is 12.8 Å². The summed E-state index contributed by atoms with van der Waals surface area (Å²) in [5, 5.41) is 9.18. The lowest BCUT2D eigenvalue weighted by molar-refractivity contribution is 0.333. The van der Waals surface area contributed by atoms with E-state index >= 15 is 0 Å². The summed E-state index contributed by atoms with van der Waals surface area (Å²) in [5.74, 6) is 0. The number of aliphatic hydroxyl groups excluding tert-OH is 1. The summed E-state index contributed by atoms with van der Waals surface area (Å²) >= 11 is 0.182. The molecule has 3 nitrogen and oxygen atoms in total. The third-order valence-corrected chi connectivity index (χ3v) is 2.32. The molecule has 4 heteroatoms. The van der Waals surface area contributed by atoms with Gasteiger partial charge in [0.15, 0.2) is 0 Å². The van der Waals surface area contributed by atoms with Crippen LogP contribution in [0.1, 0.15) is 39.5 Å². The molecular formula is C9H19NO2S. The molecule has 0 atom stereocenters. The van der Waals surface area contributed by atoms with E-state index in [4.69, 9.17) is 0 Å². The van der Waals surface area contributed by atoms with Gasteiger partial charge in [-0.1, -0.05) is 26.7 Å². The molecule has 0 aliphatic rings. The summed E-state index contributed by atoms with van der Waals surface area (Å²) in [6.07, 6.45) is 4.21. The summed E-state index contributed by atoms with van der Waals surface area (Å²) in [6.45, 7) is 5.77. The van der Waals surface area contributed by atoms with Gasteiger partial charge >= 0.3 is 0 Å². The maximum atomic E-state index is 10.4. The molecule has 0 aliphatic heterocycles. The van der Waals surface area contributed by atoms with E-state index in [1.807, 2.05) is 0 Å². The second-order valence-corrected chi connectivity index (χ2v) is 3.59. The Hall–Kier alpha value is -0.190. The van der Waals surface area contributed by atoms with Gasteiger partial charge in [0.05, 0.1) is 0 Å². The van der Waals surface area contributed by atoms with Gasteiger partial charge in [-0.25, -0.2) is 9.11 Å². The first kappa shape index (κ1) is 12.8. The van der Waals surface area contributed by atoms with Crippen LogP contribution in [0, 0.1) is 0 Å². The van der Waals surface area contributed by atoms with E-state index < -0.39 is 0 Å². The molecule has 78 valence electrons. The first-order valence-corrected chi connectivity index (χ1v) is 5.61. The fourth-order valence-corrected chi connectivity index (χ4v) is 1.34. The van der Waals surface area contributed by atoms with Gasteiger partial charge in [-0.15, -0.1) is 0 Å². The minimum absolute atomic E-state index is 0.0816. The van der Waals surface area contributed by atoms with Gasteiger partial charge < -0.3 is 5.11 Å². The zero-order valence-electron chi connectivity index (χ0n) is 8.45. The van der Waals surface area contributed by atoms with Crippen molar-refractivity contribution in [2.75, 3.05) is 13.1 Å². The van der Waals surface area contributed by atoms with Crippen LogP contribution >= 0.6 is 0 Å². The average Bonchev–Trinajstić information content (AvgIpc) is 2.17. The summed E-state index contributed by atoms with van der Waals surface area (Å²) in [6, 6.07) is 0. The molecule has 0 radical (unpaired) electrons. The Morgan fingerprint density at radius 2 is 1.69 bits per heavy atom. The molecule has 0 aliphatic carbocycles. The van der Waals surface area contributed by atoms with Crippen molar-refractivity contribution in [1.29, 1.82) is 0 Å². The highest BCUT2D eigenvalue weighted by Gasteiger charge is 2.07. The van der Waals surface area contributed by atoms with Crippen LogP contribution in [0.3, 0.4) is 0 Å². The summed E-state index contributed by atoms with van der Waals surface area (Å²) < 4.78 is 10.4. The molecule has 0 amide bonds. The highest BCUT2D eigenvalue weighted by Crippen LogP contribution is 1.98. The highest BCUT2D eigenvalue weighted by molar-refractivity contribution is 7.65. The van der Waals surface area contributed by atoms with Crippen LogP contribution in [0.25, 0.3) is 0 Å². The number of unbranched alkanes of at least 4 members (excludes halogenated alkanes) is 2. The zero-order valence-corrected chi connectivity index (χ0v) is 9.27. The van der Waals surface area contributed by atoms with Crippen molar-refractivity contribution in [3.63, 3.8) is 0 Å². The molecule has 0 aromatic heterocycles. The van der Waals surface area contributed by atoms with E-state index in [1.54, 1.807) is 4.90 Å². The molecule has 0 fully saturated rings. The first-order valence-electron chi connectivity index (χ1n) is 4.86. The minimum atomic E-state index is -0.0816. The number of hydrogen-bond acceptors (Lipinski definition) is 1. The van der Waals surface area contributed by atoms with E-state index in [9.17, 15) is 9.32 Å². The summed E-state index contributed by atoms with van der Waals surface area (Å²) in [5.41, 5.74) is 0. The van der Waals surface area contributed by atoms with Crippen molar-refractivity contribution in [3.05, 3.63) is 0 Å². The number of hydrogen-bond donors (Lipinski definition) is 1. The lowest BCUT2D eigenvalue weighted by Gasteiger charge is -2.17. The second-order valence-electron chi connectivity index (χ2n) is 3.06. The molecule has 0 bridgehead atoms. The molecule has 0 heterocycles. The molecule has 0 saturated carbocycles. The van der Waals surface area contributed by atoms with Crippen molar-refractivity contribution < 1.29 is 9.32 Å². The molecule has 0 spiro atoms. The average molecular weight is 205 g/mol. The molecule has 0 aromatic carbocycles. The predicted molar refractivity (Wildman–Crippen MR) is 57.2 cm³/mol. The first-order chi connectivity index (χ1) is 6.26. The Bertz CT molecular complexity index is 170. The van der Waals surface area contributed by atoms with Crippen LogP contribution in [0.15, 0.2) is 0 Å². The van der Waals surface area contributed by atoms with Gasteiger partial charge in [-0.2, -0.15) is 0 Å². The van der Waals surface area contributed by atoms with E-state index in [2.05, 4.69) is 13.8 Å². The molecule has 13 heavy (non-hydrogen) atoms. The van der Waals surface area contributed by atoms with Crippen LogP contribution in [0.2, 0.25) is 0 Å². The molecule has 0 aromatic rings. The zero-order chi connectivity index (χ0) is 10.1. The van der Waals surface area contributed by atoms with E-state index in [0.717, 1.165) is 38.8 Å². The maximum absolute atomic E-state index is 10.4.